The second-order valence-corrected chi connectivity index (χ2v) is 7.92. The van der Waals surface area contributed by atoms with Crippen LogP contribution in [0.4, 0.5) is 0 Å². The fourth-order valence-corrected chi connectivity index (χ4v) is 5.01. The highest BCUT2D eigenvalue weighted by molar-refractivity contribution is 6.38. The van der Waals surface area contributed by atoms with Crippen LogP contribution < -0.4 is 0 Å². The molecule has 0 unspecified atom stereocenters. The summed E-state index contributed by atoms with van der Waals surface area (Å²) in [5, 5.41) is 8.22. The first kappa shape index (κ1) is 20.2. The van der Waals surface area contributed by atoms with E-state index in [1.54, 1.807) is 0 Å². The van der Waals surface area contributed by atoms with E-state index in [0.29, 0.717) is 16.0 Å². The van der Waals surface area contributed by atoms with Gasteiger partial charge in [-0.25, -0.2) is 4.98 Å². The highest BCUT2D eigenvalue weighted by Crippen LogP contribution is 2.36. The summed E-state index contributed by atoms with van der Waals surface area (Å²) in [4.78, 5) is 15.6. The van der Waals surface area contributed by atoms with Gasteiger partial charge in [0.1, 0.15) is 5.82 Å². The maximum Gasteiger partial charge on any atom is 0.290 e. The van der Waals surface area contributed by atoms with Crippen LogP contribution in [0.5, 0.6) is 0 Å². The summed E-state index contributed by atoms with van der Waals surface area (Å²) in [6.45, 7) is 3.29. The Balaban J connectivity index is 0.000000659. The Hall–Kier alpha value is -1.56. The maximum absolute atomic E-state index is 8.36. The molecule has 7 heteroatoms. The molecule has 1 N–H and O–H groups in total. The fraction of sp³-hybridized carbons (Fsp3) is 0.500. The molecule has 5 nitrogen and oxygen atoms in total. The number of carboxylic acid groups (broad SMARTS) is 1. The van der Waals surface area contributed by atoms with Gasteiger partial charge in [0.05, 0.1) is 15.6 Å². The van der Waals surface area contributed by atoms with Crippen molar-refractivity contribution in [1.82, 2.24) is 14.5 Å². The normalized spacial score (nSPS) is 22.4. The second-order valence-electron chi connectivity index (χ2n) is 7.11. The molecule has 0 saturated carbocycles. The molecule has 0 spiro atoms. The van der Waals surface area contributed by atoms with Gasteiger partial charge in [0.2, 0.25) is 0 Å². The van der Waals surface area contributed by atoms with E-state index in [-0.39, 0.29) is 6.47 Å². The molecule has 2 aromatic rings. The van der Waals surface area contributed by atoms with E-state index in [1.165, 1.54) is 45.2 Å². The zero-order chi connectivity index (χ0) is 19.2. The zero-order valence-electron chi connectivity index (χ0n) is 15.2. The summed E-state index contributed by atoms with van der Waals surface area (Å²) in [7, 11) is 0. The number of hydrogen-bond donors (Lipinski definition) is 1. The van der Waals surface area contributed by atoms with Gasteiger partial charge in [-0.15, -0.1) is 0 Å². The third-order valence-corrected chi connectivity index (χ3v) is 6.19. The van der Waals surface area contributed by atoms with Crippen molar-refractivity contribution in [2.24, 2.45) is 5.92 Å². The Labute approximate surface area is 169 Å². The van der Waals surface area contributed by atoms with Crippen LogP contribution in [0.3, 0.4) is 0 Å². The first-order valence-corrected chi connectivity index (χ1v) is 10.2. The van der Waals surface area contributed by atoms with Gasteiger partial charge < -0.3 is 14.6 Å². The lowest BCUT2D eigenvalue weighted by molar-refractivity contribution is -0.122. The van der Waals surface area contributed by atoms with Crippen LogP contribution in [-0.4, -0.2) is 45.2 Å². The van der Waals surface area contributed by atoms with Gasteiger partial charge in [-0.05, 0) is 56.8 Å². The average molecular weight is 410 g/mol. The van der Waals surface area contributed by atoms with Crippen LogP contribution in [0.25, 0.3) is 11.4 Å². The molecule has 1 aromatic carbocycles. The maximum atomic E-state index is 8.36. The number of carbonyl (C=O) groups is 1. The summed E-state index contributed by atoms with van der Waals surface area (Å²) in [6.07, 6.45) is 10.6. The van der Waals surface area contributed by atoms with Crippen molar-refractivity contribution >= 4 is 29.7 Å². The Kier molecular flexibility index (Phi) is 7.16. The van der Waals surface area contributed by atoms with E-state index in [4.69, 9.17) is 33.1 Å². The van der Waals surface area contributed by atoms with Gasteiger partial charge in [-0.1, -0.05) is 35.7 Å². The van der Waals surface area contributed by atoms with Gasteiger partial charge in [-0.2, -0.15) is 0 Å². The smallest absolute Gasteiger partial charge is 0.290 e. The third kappa shape index (κ3) is 4.65. The van der Waals surface area contributed by atoms with Crippen molar-refractivity contribution in [2.75, 3.05) is 13.1 Å². The summed E-state index contributed by atoms with van der Waals surface area (Å²) in [5.41, 5.74) is 0.849. The van der Waals surface area contributed by atoms with E-state index in [9.17, 15) is 0 Å². The summed E-state index contributed by atoms with van der Waals surface area (Å²) in [6, 6.07) is 6.36. The molecule has 3 heterocycles. The van der Waals surface area contributed by atoms with Crippen LogP contribution in [0.2, 0.25) is 10.0 Å². The second kappa shape index (κ2) is 9.58. The number of fused-ring (bicyclic) bond motifs is 1. The van der Waals surface area contributed by atoms with E-state index >= 15 is 0 Å². The largest absolute Gasteiger partial charge is 0.483 e. The molecule has 1 aromatic heterocycles. The van der Waals surface area contributed by atoms with Crippen molar-refractivity contribution in [3.05, 3.63) is 40.6 Å². The number of benzene rings is 1. The Morgan fingerprint density at radius 2 is 1.85 bits per heavy atom. The lowest BCUT2D eigenvalue weighted by Gasteiger charge is -2.44. The Bertz CT molecular complexity index is 743. The highest BCUT2D eigenvalue weighted by Gasteiger charge is 2.33. The van der Waals surface area contributed by atoms with E-state index in [2.05, 4.69) is 20.6 Å². The minimum atomic E-state index is -0.250. The molecule has 4 rings (SSSR count). The Morgan fingerprint density at radius 3 is 2.59 bits per heavy atom. The van der Waals surface area contributed by atoms with Crippen molar-refractivity contribution in [1.29, 1.82) is 0 Å². The number of halogens is 2. The third-order valence-electron chi connectivity index (χ3n) is 5.56. The zero-order valence-corrected chi connectivity index (χ0v) is 16.7. The molecule has 2 aliphatic rings. The quantitative estimate of drug-likeness (QED) is 0.737. The minimum absolute atomic E-state index is 0.250. The molecule has 146 valence electrons. The molecular weight excluding hydrogens is 385 g/mol. The predicted molar refractivity (Wildman–Crippen MR) is 108 cm³/mol. The number of piperidine rings is 2. The predicted octanol–water partition coefficient (Wildman–Crippen LogP) is 4.82. The summed E-state index contributed by atoms with van der Waals surface area (Å²) < 4.78 is 2.25. The molecule has 0 aliphatic carbocycles. The van der Waals surface area contributed by atoms with E-state index < -0.39 is 0 Å². The number of rotatable bonds is 3. The van der Waals surface area contributed by atoms with E-state index in [0.717, 1.165) is 24.0 Å². The Morgan fingerprint density at radius 1 is 1.15 bits per heavy atom. The summed E-state index contributed by atoms with van der Waals surface area (Å²) >= 11 is 12.8. The van der Waals surface area contributed by atoms with Crippen LogP contribution >= 0.6 is 23.2 Å². The van der Waals surface area contributed by atoms with Crippen LogP contribution in [0.1, 0.15) is 32.1 Å². The fourth-order valence-electron chi connectivity index (χ4n) is 4.44. The topological polar surface area (TPSA) is 58.4 Å². The van der Waals surface area contributed by atoms with E-state index in [1.807, 2.05) is 24.4 Å². The molecule has 2 aliphatic heterocycles. The average Bonchev–Trinajstić information content (AvgIpc) is 3.10. The first-order valence-electron chi connectivity index (χ1n) is 9.43. The first-order chi connectivity index (χ1) is 13.2. The molecule has 27 heavy (non-hydrogen) atoms. The molecule has 0 radical (unpaired) electrons. The van der Waals surface area contributed by atoms with Crippen molar-refractivity contribution in [2.45, 2.75) is 44.7 Å². The molecule has 2 fully saturated rings. The lowest BCUT2D eigenvalue weighted by atomic mass is 9.83. The van der Waals surface area contributed by atoms with Crippen LogP contribution in [-0.2, 0) is 11.3 Å². The number of aromatic nitrogens is 2. The summed E-state index contributed by atoms with van der Waals surface area (Å²) in [5.74, 6) is 1.58. The molecule has 0 bridgehead atoms. The number of hydrogen-bond acceptors (Lipinski definition) is 3. The SMILES string of the molecule is Clc1cccc(Cl)c1-c1nccn1C[C@@H]1CCCN2CCCC[C@H]12.O=CO. The van der Waals surface area contributed by atoms with Crippen molar-refractivity contribution < 1.29 is 9.90 Å². The van der Waals surface area contributed by atoms with Gasteiger partial charge in [0.15, 0.2) is 0 Å². The monoisotopic (exact) mass is 409 g/mol. The minimum Gasteiger partial charge on any atom is -0.483 e. The lowest BCUT2D eigenvalue weighted by Crippen LogP contribution is -2.49. The highest BCUT2D eigenvalue weighted by atomic mass is 35.5. The van der Waals surface area contributed by atoms with Gasteiger partial charge in [0.25, 0.3) is 6.47 Å². The molecular formula is C20H25Cl2N3O2. The van der Waals surface area contributed by atoms with Gasteiger partial charge >= 0.3 is 0 Å². The van der Waals surface area contributed by atoms with Gasteiger partial charge in [-0.3, -0.25) is 4.79 Å². The molecule has 0 amide bonds. The molecule has 2 saturated heterocycles. The van der Waals surface area contributed by atoms with Crippen LogP contribution in [0, 0.1) is 5.92 Å². The number of imidazole rings is 1. The van der Waals surface area contributed by atoms with Gasteiger partial charge in [0, 0.05) is 25.0 Å². The standard InChI is InChI=1S/C19H23Cl2N3.CH2O2/c20-15-6-3-7-16(21)18(15)19-22-9-12-24(19)13-14-5-4-11-23-10-2-1-8-17(14)23;2-1-3/h3,6-7,9,12,14,17H,1-2,4-5,8,10-11,13H2;1H,(H,2,3)/t14-,17+;/m0./s1. The number of nitrogens with zero attached hydrogens (tertiary/aromatic N) is 3. The molecule has 2 atom stereocenters. The van der Waals surface area contributed by atoms with Crippen molar-refractivity contribution in [3.63, 3.8) is 0 Å². The van der Waals surface area contributed by atoms with Crippen LogP contribution in [0.15, 0.2) is 30.6 Å². The van der Waals surface area contributed by atoms with Crippen molar-refractivity contribution in [3.8, 4) is 11.4 Å².